The van der Waals surface area contributed by atoms with Crippen LogP contribution in [0.3, 0.4) is 0 Å². The molecule has 0 fully saturated rings. The third-order valence-electron chi connectivity index (χ3n) is 1.13. The van der Waals surface area contributed by atoms with Crippen LogP contribution in [0.4, 0.5) is 0 Å². The normalized spacial score (nSPS) is 19.5. The van der Waals surface area contributed by atoms with Crippen molar-refractivity contribution in [3.63, 3.8) is 0 Å². The van der Waals surface area contributed by atoms with Gasteiger partial charge in [0.25, 0.3) is 0 Å². The molecule has 15 heavy (non-hydrogen) atoms. The highest BCUT2D eigenvalue weighted by Crippen LogP contribution is 2.43. The second-order valence-electron chi connectivity index (χ2n) is 2.28. The molecule has 0 bridgehead atoms. The molecule has 0 radical (unpaired) electrons. The Morgan fingerprint density at radius 2 is 2.07 bits per heavy atom. The summed E-state index contributed by atoms with van der Waals surface area (Å²) in [7, 11) is 7.03. The van der Waals surface area contributed by atoms with Crippen LogP contribution >= 0.6 is 55.3 Å². The highest BCUT2D eigenvalue weighted by atomic mass is 33.1. The molecule has 0 aromatic carbocycles. The van der Waals surface area contributed by atoms with Crippen LogP contribution in [0, 0.1) is 0 Å². The van der Waals surface area contributed by atoms with Gasteiger partial charge in [0.1, 0.15) is 6.34 Å². The van der Waals surface area contributed by atoms with Crippen LogP contribution in [-0.2, 0) is 0 Å². The topological polar surface area (TPSA) is 15.6 Å². The van der Waals surface area contributed by atoms with Gasteiger partial charge in [0.2, 0.25) is 0 Å². The summed E-state index contributed by atoms with van der Waals surface area (Å²) < 4.78 is 2.37. The first kappa shape index (κ1) is 13.8. The molecule has 7 heteroatoms. The van der Waals surface area contributed by atoms with E-state index in [1.165, 1.54) is 0 Å². The van der Waals surface area contributed by atoms with E-state index in [9.17, 15) is 0 Å². The summed E-state index contributed by atoms with van der Waals surface area (Å²) in [5.41, 5.74) is 0. The first-order valence-electron chi connectivity index (χ1n) is 4.15. The lowest BCUT2D eigenvalue weighted by Crippen LogP contribution is -1.96. The van der Waals surface area contributed by atoms with Crippen molar-refractivity contribution < 1.29 is 0 Å². The molecule has 1 rings (SSSR count). The predicted molar refractivity (Wildman–Crippen MR) is 82.2 cm³/mol. The zero-order valence-electron chi connectivity index (χ0n) is 8.07. The minimum Gasteiger partial charge on any atom is -0.246 e. The molecule has 0 saturated carbocycles. The molecule has 2 nitrogen and oxygen atoms in total. The monoisotopic (exact) mass is 296 g/mol. The van der Waals surface area contributed by atoms with E-state index >= 15 is 0 Å². The second-order valence-corrected chi connectivity index (χ2v) is 8.62. The summed E-state index contributed by atoms with van der Waals surface area (Å²) in [5, 5.41) is 0. The van der Waals surface area contributed by atoms with E-state index in [4.69, 9.17) is 0 Å². The van der Waals surface area contributed by atoms with E-state index in [2.05, 4.69) is 21.9 Å². The van der Waals surface area contributed by atoms with E-state index < -0.39 is 0 Å². The van der Waals surface area contributed by atoms with Gasteiger partial charge in [-0.2, -0.15) is 0 Å². The molecule has 0 amide bonds. The molecule has 84 valence electrons. The maximum Gasteiger partial charge on any atom is 0.172 e. The Kier molecular flexibility index (Phi) is 8.08. The van der Waals surface area contributed by atoms with Crippen molar-refractivity contribution in [1.82, 2.24) is 3.71 Å². The van der Waals surface area contributed by atoms with Gasteiger partial charge in [-0.3, -0.25) is 0 Å². The van der Waals surface area contributed by atoms with Gasteiger partial charge in [0, 0.05) is 34.4 Å². The summed E-state index contributed by atoms with van der Waals surface area (Å²) in [5.74, 6) is 1.92. The lowest BCUT2D eigenvalue weighted by Gasteiger charge is -2.10. The highest BCUT2D eigenvalue weighted by molar-refractivity contribution is 8.79. The fourth-order valence-corrected chi connectivity index (χ4v) is 6.16. The number of aliphatic imine (C=N–C) groups is 1. The predicted octanol–water partition coefficient (Wildman–Crippen LogP) is 4.31. The Bertz CT molecular complexity index is 211. The van der Waals surface area contributed by atoms with Gasteiger partial charge in [0.05, 0.1) is 0 Å². The van der Waals surface area contributed by atoms with E-state index in [1.807, 2.05) is 18.5 Å². The minimum atomic E-state index is 0.284. The molecule has 1 unspecified atom stereocenters. The molecule has 1 aliphatic heterocycles. The van der Waals surface area contributed by atoms with E-state index in [0.29, 0.717) is 0 Å². The van der Waals surface area contributed by atoms with Crippen molar-refractivity contribution in [2.45, 2.75) is 4.71 Å². The first-order chi connectivity index (χ1) is 7.36. The highest BCUT2D eigenvalue weighted by Gasteiger charge is 2.19. The van der Waals surface area contributed by atoms with Crippen molar-refractivity contribution in [3.05, 3.63) is 25.3 Å². The van der Waals surface area contributed by atoms with Crippen molar-refractivity contribution >= 4 is 61.6 Å². The molecule has 0 aromatic rings. The summed E-state index contributed by atoms with van der Waals surface area (Å²) in [6, 6.07) is 0. The van der Waals surface area contributed by atoms with E-state index in [1.54, 1.807) is 55.3 Å². The maximum absolute atomic E-state index is 4.38. The third-order valence-corrected chi connectivity index (χ3v) is 7.49. The smallest absolute Gasteiger partial charge is 0.172 e. The molecule has 0 aromatic heterocycles. The Labute approximate surface area is 111 Å². The summed E-state index contributed by atoms with van der Waals surface area (Å²) in [6.07, 6.45) is 5.70. The number of rotatable bonds is 8. The fraction of sp³-hybridized carbons (Fsp3) is 0.375. The van der Waals surface area contributed by atoms with Gasteiger partial charge < -0.3 is 0 Å². The first-order valence-corrected chi connectivity index (χ1v) is 9.65. The Hall–Kier alpha value is 0.700. The lowest BCUT2D eigenvalue weighted by molar-refractivity contribution is 1.22. The number of hydrogen-bond donors (Lipinski definition) is 0. The minimum absolute atomic E-state index is 0.284. The van der Waals surface area contributed by atoms with Crippen molar-refractivity contribution in [2.75, 3.05) is 11.5 Å². The Balaban J connectivity index is 2.08. The molecule has 0 aliphatic carbocycles. The SMILES string of the molecule is C=CCSSC1N=CN(SSCC=C)S1. The molecule has 0 spiro atoms. The summed E-state index contributed by atoms with van der Waals surface area (Å²) in [4.78, 5) is 4.38. The van der Waals surface area contributed by atoms with Crippen LogP contribution in [-0.4, -0.2) is 26.3 Å². The molecular formula is C8H12N2S5. The average molecular weight is 297 g/mol. The van der Waals surface area contributed by atoms with Crippen molar-refractivity contribution in [1.29, 1.82) is 0 Å². The maximum atomic E-state index is 4.38. The van der Waals surface area contributed by atoms with Crippen molar-refractivity contribution in [2.24, 2.45) is 4.99 Å². The summed E-state index contributed by atoms with van der Waals surface area (Å²) in [6.45, 7) is 7.36. The second kappa shape index (κ2) is 8.81. The Morgan fingerprint density at radius 3 is 2.80 bits per heavy atom. The van der Waals surface area contributed by atoms with Gasteiger partial charge in [-0.1, -0.05) is 44.5 Å². The van der Waals surface area contributed by atoms with E-state index in [-0.39, 0.29) is 4.71 Å². The Morgan fingerprint density at radius 1 is 1.33 bits per heavy atom. The van der Waals surface area contributed by atoms with Crippen LogP contribution in [0.2, 0.25) is 0 Å². The number of hydrogen-bond acceptors (Lipinski definition) is 7. The van der Waals surface area contributed by atoms with Gasteiger partial charge in [-0.05, 0) is 0 Å². The molecule has 1 heterocycles. The zero-order valence-corrected chi connectivity index (χ0v) is 12.2. The summed E-state index contributed by atoms with van der Waals surface area (Å²) >= 11 is 1.74. The van der Waals surface area contributed by atoms with Gasteiger partial charge in [-0.15, -0.1) is 13.2 Å². The van der Waals surface area contributed by atoms with Crippen LogP contribution in [0.15, 0.2) is 30.3 Å². The molecule has 1 atom stereocenters. The van der Waals surface area contributed by atoms with E-state index in [0.717, 1.165) is 11.5 Å². The fourth-order valence-electron chi connectivity index (χ4n) is 0.607. The average Bonchev–Trinajstić information content (AvgIpc) is 2.67. The van der Waals surface area contributed by atoms with Crippen LogP contribution in [0.25, 0.3) is 0 Å². The van der Waals surface area contributed by atoms with Crippen LogP contribution < -0.4 is 0 Å². The van der Waals surface area contributed by atoms with Gasteiger partial charge in [0.15, 0.2) is 4.71 Å². The van der Waals surface area contributed by atoms with Crippen molar-refractivity contribution in [3.8, 4) is 0 Å². The quantitative estimate of drug-likeness (QED) is 0.285. The molecular weight excluding hydrogens is 284 g/mol. The zero-order chi connectivity index (χ0) is 10.9. The van der Waals surface area contributed by atoms with Crippen LogP contribution in [0.1, 0.15) is 0 Å². The largest absolute Gasteiger partial charge is 0.246 e. The lowest BCUT2D eigenvalue weighted by atomic mass is 10.8. The molecule has 0 saturated heterocycles. The standard InChI is InChI=1S/C8H12N2S5/c1-3-5-11-14-8-9-7-10(13-8)15-12-6-4-2/h3-4,7-8H,1-2,5-6H2. The van der Waals surface area contributed by atoms with Gasteiger partial charge >= 0.3 is 0 Å². The van der Waals surface area contributed by atoms with Gasteiger partial charge in [-0.25, -0.2) is 8.70 Å². The molecule has 1 aliphatic rings. The third kappa shape index (κ3) is 6.11. The number of nitrogens with zero attached hydrogens (tertiary/aromatic N) is 2. The molecule has 0 N–H and O–H groups in total. The van der Waals surface area contributed by atoms with Crippen LogP contribution in [0.5, 0.6) is 0 Å².